The number of aliphatic hydroxyl groups is 1. The molecular formula is C16H24F4O2. The summed E-state index contributed by atoms with van der Waals surface area (Å²) in [6, 6.07) is 0. The molecule has 0 aromatic carbocycles. The summed E-state index contributed by atoms with van der Waals surface area (Å²) >= 11 is 0. The highest BCUT2D eigenvalue weighted by molar-refractivity contribution is 5.01. The fourth-order valence-corrected chi connectivity index (χ4v) is 5.30. The molecule has 6 heteroatoms. The Hall–Kier alpha value is -0.360. The Balaban J connectivity index is 1.41. The number of alkyl halides is 4. The van der Waals surface area contributed by atoms with Crippen molar-refractivity contribution in [2.45, 2.75) is 63.4 Å². The van der Waals surface area contributed by atoms with Crippen LogP contribution in [-0.2, 0) is 4.74 Å². The maximum atomic E-state index is 12.9. The van der Waals surface area contributed by atoms with Crippen molar-refractivity contribution >= 4 is 0 Å². The molecule has 4 bridgehead atoms. The topological polar surface area (TPSA) is 29.5 Å². The summed E-state index contributed by atoms with van der Waals surface area (Å²) in [5.41, 5.74) is 0.207. The van der Waals surface area contributed by atoms with Crippen LogP contribution in [0.5, 0.6) is 0 Å². The lowest BCUT2D eigenvalue weighted by Crippen LogP contribution is -2.48. The van der Waals surface area contributed by atoms with Crippen LogP contribution in [0.25, 0.3) is 0 Å². The molecule has 0 spiro atoms. The molecule has 0 saturated heterocycles. The van der Waals surface area contributed by atoms with E-state index in [0.717, 1.165) is 17.8 Å². The first-order valence-corrected chi connectivity index (χ1v) is 8.25. The minimum Gasteiger partial charge on any atom is -0.381 e. The van der Waals surface area contributed by atoms with Crippen LogP contribution in [0.1, 0.15) is 51.4 Å². The maximum absolute atomic E-state index is 12.9. The van der Waals surface area contributed by atoms with Crippen LogP contribution in [0.3, 0.4) is 0 Å². The van der Waals surface area contributed by atoms with Gasteiger partial charge in [0.2, 0.25) is 0 Å². The summed E-state index contributed by atoms with van der Waals surface area (Å²) in [6.07, 6.45) is 1.32. The van der Waals surface area contributed by atoms with E-state index in [0.29, 0.717) is 6.61 Å². The molecule has 0 heterocycles. The lowest BCUT2D eigenvalue weighted by Gasteiger charge is -2.56. The van der Waals surface area contributed by atoms with Gasteiger partial charge < -0.3 is 9.84 Å². The first-order valence-electron chi connectivity index (χ1n) is 8.25. The zero-order valence-corrected chi connectivity index (χ0v) is 12.7. The van der Waals surface area contributed by atoms with Gasteiger partial charge >= 0.3 is 12.0 Å². The van der Waals surface area contributed by atoms with Gasteiger partial charge in [-0.3, -0.25) is 0 Å². The number of rotatable bonds is 7. The predicted molar refractivity (Wildman–Crippen MR) is 72.8 cm³/mol. The van der Waals surface area contributed by atoms with E-state index < -0.39 is 18.5 Å². The summed E-state index contributed by atoms with van der Waals surface area (Å²) in [5, 5.41) is 8.13. The van der Waals surface area contributed by atoms with Gasteiger partial charge in [0.15, 0.2) is 0 Å². The highest BCUT2D eigenvalue weighted by atomic mass is 19.3. The van der Waals surface area contributed by atoms with Gasteiger partial charge in [0.1, 0.15) is 0 Å². The molecule has 0 atom stereocenters. The van der Waals surface area contributed by atoms with Gasteiger partial charge in [-0.15, -0.1) is 0 Å². The Morgan fingerprint density at radius 2 is 1.45 bits per heavy atom. The molecule has 0 amide bonds. The molecule has 128 valence electrons. The zero-order valence-electron chi connectivity index (χ0n) is 12.7. The van der Waals surface area contributed by atoms with Crippen molar-refractivity contribution in [2.24, 2.45) is 23.2 Å². The number of hydrogen-bond acceptors (Lipinski definition) is 2. The lowest BCUT2D eigenvalue weighted by molar-refractivity contribution is -0.327. The fourth-order valence-electron chi connectivity index (χ4n) is 5.30. The minimum absolute atomic E-state index is 0.0490. The van der Waals surface area contributed by atoms with E-state index in [-0.39, 0.29) is 18.4 Å². The second-order valence-electron chi connectivity index (χ2n) is 7.82. The van der Waals surface area contributed by atoms with Crippen LogP contribution < -0.4 is 0 Å². The Labute approximate surface area is 128 Å². The highest BCUT2D eigenvalue weighted by Gasteiger charge is 2.54. The summed E-state index contributed by atoms with van der Waals surface area (Å²) in [6.45, 7) is 0.616. The molecule has 0 unspecified atom stereocenters. The summed E-state index contributed by atoms with van der Waals surface area (Å²) in [5.74, 6) is -1.98. The Bertz CT molecular complexity index is 370. The minimum atomic E-state index is -4.95. The highest BCUT2D eigenvalue weighted by Crippen LogP contribution is 2.60. The summed E-state index contributed by atoms with van der Waals surface area (Å²) in [7, 11) is 0. The third kappa shape index (κ3) is 3.28. The SMILES string of the molecule is OC(F)(F)C(F)(F)CCCOCC12CC3CC(CC(C3)C1)C2. The number of ether oxygens (including phenoxy) is 1. The fraction of sp³-hybridized carbons (Fsp3) is 1.00. The van der Waals surface area contributed by atoms with Crippen molar-refractivity contribution < 1.29 is 27.4 Å². The molecule has 1 N–H and O–H groups in total. The van der Waals surface area contributed by atoms with Crippen molar-refractivity contribution in [1.29, 1.82) is 0 Å². The molecule has 0 radical (unpaired) electrons. The lowest BCUT2D eigenvalue weighted by atomic mass is 9.50. The van der Waals surface area contributed by atoms with Crippen LogP contribution in [-0.4, -0.2) is 30.4 Å². The maximum Gasteiger partial charge on any atom is 0.416 e. The summed E-state index contributed by atoms with van der Waals surface area (Å²) < 4.78 is 56.0. The number of hydrogen-bond donors (Lipinski definition) is 1. The second kappa shape index (κ2) is 5.62. The van der Waals surface area contributed by atoms with Crippen LogP contribution in [0, 0.1) is 23.2 Å². The molecule has 4 rings (SSSR count). The predicted octanol–water partition coefficient (Wildman–Crippen LogP) is 4.22. The van der Waals surface area contributed by atoms with Gasteiger partial charge in [-0.2, -0.15) is 17.6 Å². The van der Waals surface area contributed by atoms with Gasteiger partial charge in [-0.1, -0.05) is 0 Å². The number of halogens is 4. The first-order chi connectivity index (χ1) is 10.2. The average molecular weight is 324 g/mol. The van der Waals surface area contributed by atoms with Crippen LogP contribution in [0.4, 0.5) is 17.6 Å². The molecule has 22 heavy (non-hydrogen) atoms. The molecular weight excluding hydrogens is 300 g/mol. The van der Waals surface area contributed by atoms with E-state index in [2.05, 4.69) is 0 Å². The average Bonchev–Trinajstić information content (AvgIpc) is 2.34. The van der Waals surface area contributed by atoms with Gasteiger partial charge in [0.25, 0.3) is 0 Å². The van der Waals surface area contributed by atoms with Crippen molar-refractivity contribution in [3.05, 3.63) is 0 Å². The molecule has 0 aromatic heterocycles. The van der Waals surface area contributed by atoms with Gasteiger partial charge in [-0.25, -0.2) is 0 Å². The molecule has 0 aliphatic heterocycles. The van der Waals surface area contributed by atoms with E-state index in [1.165, 1.54) is 38.5 Å². The Morgan fingerprint density at radius 1 is 0.955 bits per heavy atom. The van der Waals surface area contributed by atoms with E-state index in [9.17, 15) is 17.6 Å². The Kier molecular flexibility index (Phi) is 4.21. The largest absolute Gasteiger partial charge is 0.416 e. The van der Waals surface area contributed by atoms with Gasteiger partial charge in [0, 0.05) is 13.0 Å². The van der Waals surface area contributed by atoms with Crippen LogP contribution >= 0.6 is 0 Å². The molecule has 2 nitrogen and oxygen atoms in total. The monoisotopic (exact) mass is 324 g/mol. The molecule has 0 aromatic rings. The Morgan fingerprint density at radius 3 is 1.91 bits per heavy atom. The second-order valence-corrected chi connectivity index (χ2v) is 7.82. The standard InChI is InChI=1S/C16H24F4O2/c17-15(18,16(19,20)21)2-1-3-22-10-14-7-11-4-12(8-14)6-13(5-11)9-14/h11-13,21H,1-10H2. The molecule has 4 aliphatic rings. The van der Waals surface area contributed by atoms with Crippen molar-refractivity contribution in [2.75, 3.05) is 13.2 Å². The third-order valence-electron chi connectivity index (χ3n) is 5.79. The normalized spacial score (nSPS) is 37.8. The zero-order chi connectivity index (χ0) is 16.0. The van der Waals surface area contributed by atoms with E-state index in [1.807, 2.05) is 0 Å². The van der Waals surface area contributed by atoms with E-state index in [4.69, 9.17) is 9.84 Å². The van der Waals surface area contributed by atoms with Crippen LogP contribution in [0.15, 0.2) is 0 Å². The van der Waals surface area contributed by atoms with Crippen molar-refractivity contribution in [3.8, 4) is 0 Å². The molecule has 4 saturated carbocycles. The van der Waals surface area contributed by atoms with Gasteiger partial charge in [0.05, 0.1) is 6.61 Å². The molecule has 4 aliphatic carbocycles. The summed E-state index contributed by atoms with van der Waals surface area (Å²) in [4.78, 5) is 0. The van der Waals surface area contributed by atoms with E-state index >= 15 is 0 Å². The van der Waals surface area contributed by atoms with Crippen LogP contribution in [0.2, 0.25) is 0 Å². The smallest absolute Gasteiger partial charge is 0.381 e. The van der Waals surface area contributed by atoms with Crippen molar-refractivity contribution in [3.63, 3.8) is 0 Å². The van der Waals surface area contributed by atoms with E-state index in [1.54, 1.807) is 0 Å². The molecule has 4 fully saturated rings. The first kappa shape index (κ1) is 16.5. The van der Waals surface area contributed by atoms with Crippen molar-refractivity contribution in [1.82, 2.24) is 0 Å². The third-order valence-corrected chi connectivity index (χ3v) is 5.79. The van der Waals surface area contributed by atoms with Gasteiger partial charge in [-0.05, 0) is 68.1 Å². The quantitative estimate of drug-likeness (QED) is 0.561.